The topological polar surface area (TPSA) is 80.2 Å². The van der Waals surface area contributed by atoms with Gasteiger partial charge in [-0.25, -0.2) is 15.0 Å². The first kappa shape index (κ1) is 17.1. The molecule has 0 aromatic carbocycles. The number of aryl methyl sites for hydroxylation is 1. The van der Waals surface area contributed by atoms with E-state index in [9.17, 15) is 4.79 Å². The molecule has 2 aromatic heterocycles. The lowest BCUT2D eigenvalue weighted by molar-refractivity contribution is 0.0949. The molecule has 2 aromatic rings. The molecule has 1 aliphatic heterocycles. The van der Waals surface area contributed by atoms with Crippen LogP contribution < -0.4 is 15.0 Å². The first-order valence-electron chi connectivity index (χ1n) is 8.62. The summed E-state index contributed by atoms with van der Waals surface area (Å²) in [5.41, 5.74) is 1.39. The van der Waals surface area contributed by atoms with Crippen LogP contribution in [0.4, 0.5) is 5.82 Å². The molecule has 0 saturated carbocycles. The van der Waals surface area contributed by atoms with E-state index in [1.54, 1.807) is 12.1 Å². The minimum absolute atomic E-state index is 0.205. The Labute approximate surface area is 147 Å². The highest BCUT2D eigenvalue weighted by Gasteiger charge is 2.15. The number of ether oxygens (including phenoxy) is 1. The average molecular weight is 341 g/mol. The van der Waals surface area contributed by atoms with E-state index in [0.717, 1.165) is 24.6 Å². The van der Waals surface area contributed by atoms with Gasteiger partial charge < -0.3 is 15.0 Å². The lowest BCUT2D eigenvalue weighted by Crippen LogP contribution is -2.25. The molecule has 0 radical (unpaired) electrons. The Hall–Kier alpha value is -2.70. The minimum atomic E-state index is -0.205. The Bertz CT molecular complexity index is 727. The maximum atomic E-state index is 12.3. The third kappa shape index (κ3) is 4.43. The van der Waals surface area contributed by atoms with E-state index in [1.165, 1.54) is 19.0 Å². The molecule has 7 heteroatoms. The maximum absolute atomic E-state index is 12.3. The highest BCUT2D eigenvalue weighted by Crippen LogP contribution is 2.18. The van der Waals surface area contributed by atoms with Crippen molar-refractivity contribution >= 4 is 11.7 Å². The van der Waals surface area contributed by atoms with Gasteiger partial charge in [0.05, 0.1) is 18.7 Å². The van der Waals surface area contributed by atoms with E-state index < -0.39 is 0 Å². The van der Waals surface area contributed by atoms with Crippen LogP contribution in [0.5, 0.6) is 5.88 Å². The van der Waals surface area contributed by atoms with E-state index >= 15 is 0 Å². The van der Waals surface area contributed by atoms with Crippen molar-refractivity contribution in [1.29, 1.82) is 0 Å². The Kier molecular flexibility index (Phi) is 5.42. The second-order valence-electron chi connectivity index (χ2n) is 5.98. The van der Waals surface area contributed by atoms with Gasteiger partial charge in [0.1, 0.15) is 11.6 Å². The maximum Gasteiger partial charge on any atom is 0.253 e. The van der Waals surface area contributed by atoms with E-state index in [-0.39, 0.29) is 12.5 Å². The fourth-order valence-electron chi connectivity index (χ4n) is 2.81. The molecule has 1 fully saturated rings. The minimum Gasteiger partial charge on any atom is -0.478 e. The van der Waals surface area contributed by atoms with E-state index in [4.69, 9.17) is 4.74 Å². The number of carbonyl (C=O) groups excluding carboxylic acids is 1. The van der Waals surface area contributed by atoms with Crippen LogP contribution in [0.15, 0.2) is 24.4 Å². The van der Waals surface area contributed by atoms with E-state index in [0.29, 0.717) is 23.9 Å². The van der Waals surface area contributed by atoms with Crippen LogP contribution in [0.3, 0.4) is 0 Å². The van der Waals surface area contributed by atoms with Crippen molar-refractivity contribution in [1.82, 2.24) is 20.3 Å². The molecule has 0 bridgehead atoms. The molecule has 1 saturated heterocycles. The van der Waals surface area contributed by atoms with Gasteiger partial charge in [0.15, 0.2) is 0 Å². The summed E-state index contributed by atoms with van der Waals surface area (Å²) in [6.45, 7) is 6.72. The lowest BCUT2D eigenvalue weighted by Gasteiger charge is -2.17. The molecule has 1 aliphatic rings. The molecule has 132 valence electrons. The van der Waals surface area contributed by atoms with Gasteiger partial charge in [0, 0.05) is 37.1 Å². The number of hydrogen-bond donors (Lipinski definition) is 1. The Morgan fingerprint density at radius 1 is 1.28 bits per heavy atom. The van der Waals surface area contributed by atoms with Crippen molar-refractivity contribution in [2.75, 3.05) is 24.6 Å². The molecule has 3 heterocycles. The van der Waals surface area contributed by atoms with Crippen molar-refractivity contribution in [2.45, 2.75) is 33.2 Å². The first-order valence-corrected chi connectivity index (χ1v) is 8.62. The standard InChI is InChI=1S/C18H23N5O2/c1-3-25-17-7-6-14(11-19-17)18(24)20-12-15-21-13(2)10-16(22-15)23-8-4-5-9-23/h6-7,10-11H,3-5,8-9,12H2,1-2H3,(H,20,24). The smallest absolute Gasteiger partial charge is 0.253 e. The van der Waals surface area contributed by atoms with Crippen LogP contribution in [0.25, 0.3) is 0 Å². The molecule has 1 amide bonds. The summed E-state index contributed by atoms with van der Waals surface area (Å²) < 4.78 is 5.28. The molecule has 0 aliphatic carbocycles. The molecule has 0 unspecified atom stereocenters. The van der Waals surface area contributed by atoms with Gasteiger partial charge in [-0.15, -0.1) is 0 Å². The number of rotatable bonds is 6. The quantitative estimate of drug-likeness (QED) is 0.867. The molecular weight excluding hydrogens is 318 g/mol. The van der Waals surface area contributed by atoms with E-state index in [1.807, 2.05) is 19.9 Å². The molecule has 0 spiro atoms. The summed E-state index contributed by atoms with van der Waals surface area (Å²) in [5, 5.41) is 2.85. The molecule has 1 N–H and O–H groups in total. The van der Waals surface area contributed by atoms with Gasteiger partial charge >= 0.3 is 0 Å². The summed E-state index contributed by atoms with van der Waals surface area (Å²) >= 11 is 0. The van der Waals surface area contributed by atoms with Crippen LogP contribution in [-0.4, -0.2) is 40.6 Å². The summed E-state index contributed by atoms with van der Waals surface area (Å²) in [7, 11) is 0. The predicted octanol–water partition coefficient (Wildman–Crippen LogP) is 2.11. The Morgan fingerprint density at radius 2 is 2.08 bits per heavy atom. The third-order valence-corrected chi connectivity index (χ3v) is 4.01. The SMILES string of the molecule is CCOc1ccc(C(=O)NCc2nc(C)cc(N3CCCC3)n2)cn1. The summed E-state index contributed by atoms with van der Waals surface area (Å²) in [6.07, 6.45) is 3.90. The summed E-state index contributed by atoms with van der Waals surface area (Å²) in [6, 6.07) is 5.38. The summed E-state index contributed by atoms with van der Waals surface area (Å²) in [4.78, 5) is 27.6. The van der Waals surface area contributed by atoms with E-state index in [2.05, 4.69) is 25.2 Å². The van der Waals surface area contributed by atoms with Crippen LogP contribution in [0.1, 0.15) is 41.6 Å². The fourth-order valence-corrected chi connectivity index (χ4v) is 2.81. The molecular formula is C18H23N5O2. The molecule has 3 rings (SSSR count). The van der Waals surface area contributed by atoms with Crippen molar-refractivity contribution in [3.63, 3.8) is 0 Å². The zero-order valence-corrected chi connectivity index (χ0v) is 14.7. The monoisotopic (exact) mass is 341 g/mol. The van der Waals surface area contributed by atoms with Crippen molar-refractivity contribution in [3.05, 3.63) is 41.5 Å². The normalized spacial score (nSPS) is 13.8. The first-order chi connectivity index (χ1) is 12.2. The average Bonchev–Trinajstić information content (AvgIpc) is 3.15. The van der Waals surface area contributed by atoms with Crippen molar-refractivity contribution in [2.24, 2.45) is 0 Å². The number of nitrogens with zero attached hydrogens (tertiary/aromatic N) is 4. The second kappa shape index (κ2) is 7.92. The predicted molar refractivity (Wildman–Crippen MR) is 94.8 cm³/mol. The van der Waals surface area contributed by atoms with Gasteiger partial charge in [0.2, 0.25) is 5.88 Å². The highest BCUT2D eigenvalue weighted by atomic mass is 16.5. The Morgan fingerprint density at radius 3 is 2.76 bits per heavy atom. The van der Waals surface area contributed by atoms with Gasteiger partial charge in [-0.2, -0.15) is 0 Å². The highest BCUT2D eigenvalue weighted by molar-refractivity contribution is 5.93. The van der Waals surface area contributed by atoms with Crippen molar-refractivity contribution < 1.29 is 9.53 Å². The molecule has 0 atom stereocenters. The number of anilines is 1. The lowest BCUT2D eigenvalue weighted by atomic mass is 10.2. The number of amides is 1. The largest absolute Gasteiger partial charge is 0.478 e. The van der Waals surface area contributed by atoms with Gasteiger partial charge in [-0.3, -0.25) is 4.79 Å². The zero-order valence-electron chi connectivity index (χ0n) is 14.7. The number of pyridine rings is 1. The van der Waals surface area contributed by atoms with Crippen LogP contribution in [-0.2, 0) is 6.54 Å². The van der Waals surface area contributed by atoms with Gasteiger partial charge in [-0.05, 0) is 32.8 Å². The second-order valence-corrected chi connectivity index (χ2v) is 5.98. The number of nitrogens with one attached hydrogen (secondary N) is 1. The molecule has 7 nitrogen and oxygen atoms in total. The molecule has 25 heavy (non-hydrogen) atoms. The van der Waals surface area contributed by atoms with Crippen molar-refractivity contribution in [3.8, 4) is 5.88 Å². The third-order valence-electron chi connectivity index (χ3n) is 4.01. The fraction of sp³-hybridized carbons (Fsp3) is 0.444. The van der Waals surface area contributed by atoms with Gasteiger partial charge in [-0.1, -0.05) is 0 Å². The number of aromatic nitrogens is 3. The van der Waals surface area contributed by atoms with Crippen LogP contribution >= 0.6 is 0 Å². The Balaban J connectivity index is 1.63. The number of carbonyl (C=O) groups is 1. The van der Waals surface area contributed by atoms with Crippen LogP contribution in [0, 0.1) is 6.92 Å². The summed E-state index contributed by atoms with van der Waals surface area (Å²) in [5.74, 6) is 1.87. The van der Waals surface area contributed by atoms with Crippen LogP contribution in [0.2, 0.25) is 0 Å². The number of hydrogen-bond acceptors (Lipinski definition) is 6. The van der Waals surface area contributed by atoms with Gasteiger partial charge in [0.25, 0.3) is 5.91 Å². The zero-order chi connectivity index (χ0) is 17.6.